The average Bonchev–Trinajstić information content (AvgIpc) is 3.52. The Hall–Kier alpha value is -2.43. The first-order valence-electron chi connectivity index (χ1n) is 11.2. The Bertz CT molecular complexity index is 895. The monoisotopic (exact) mass is 407 g/mol. The maximum absolute atomic E-state index is 13.0. The molecule has 158 valence electrons. The Morgan fingerprint density at radius 3 is 2.13 bits per heavy atom. The molecule has 6 atom stereocenters. The van der Waals surface area contributed by atoms with Crippen LogP contribution in [0.3, 0.4) is 0 Å². The van der Waals surface area contributed by atoms with Gasteiger partial charge in [-0.25, -0.2) is 0 Å². The van der Waals surface area contributed by atoms with E-state index in [2.05, 4.69) is 32.9 Å². The molecule has 30 heavy (non-hydrogen) atoms. The lowest BCUT2D eigenvalue weighted by molar-refractivity contribution is -0.141. The standard InChI is InChI=1S/C25H29NO4/c1-4-25(2,3)14-5-7-15(8-6-14)30-20(27)11-12-26-23(28)21-16-9-10-17(19-13-18(16)19)22(21)24(26)29/h5-10,16-19,21-22H,4,11-13H2,1-3H3/t16-,17-,18-,19+,21-,22+/m0/s1. The van der Waals surface area contributed by atoms with Gasteiger partial charge in [0, 0.05) is 6.54 Å². The van der Waals surface area contributed by atoms with Crippen LogP contribution in [0, 0.1) is 35.5 Å². The Balaban J connectivity index is 1.19. The van der Waals surface area contributed by atoms with Crippen molar-refractivity contribution in [2.24, 2.45) is 35.5 Å². The van der Waals surface area contributed by atoms with Gasteiger partial charge in [0.2, 0.25) is 11.8 Å². The maximum Gasteiger partial charge on any atom is 0.312 e. The van der Waals surface area contributed by atoms with Crippen LogP contribution in [0.1, 0.15) is 45.6 Å². The average molecular weight is 408 g/mol. The number of hydrogen-bond acceptors (Lipinski definition) is 4. The number of likely N-dealkylation sites (tertiary alicyclic amines) is 1. The number of allylic oxidation sites excluding steroid dienone is 2. The molecule has 4 aliphatic carbocycles. The number of esters is 1. The summed E-state index contributed by atoms with van der Waals surface area (Å²) in [6.45, 7) is 6.62. The van der Waals surface area contributed by atoms with Crippen LogP contribution in [0.5, 0.6) is 5.75 Å². The molecule has 5 heteroatoms. The molecule has 0 aromatic heterocycles. The molecular formula is C25H29NO4. The summed E-state index contributed by atoms with van der Waals surface area (Å²) in [7, 11) is 0. The molecule has 1 aromatic carbocycles. The van der Waals surface area contributed by atoms with Crippen LogP contribution in [-0.4, -0.2) is 29.2 Å². The van der Waals surface area contributed by atoms with E-state index in [0.29, 0.717) is 17.6 Å². The molecule has 6 rings (SSSR count). The van der Waals surface area contributed by atoms with Crippen LogP contribution >= 0.6 is 0 Å². The Morgan fingerprint density at radius 1 is 1.03 bits per heavy atom. The number of nitrogens with zero attached hydrogens (tertiary/aromatic N) is 1. The molecule has 2 saturated carbocycles. The van der Waals surface area contributed by atoms with E-state index in [1.165, 1.54) is 10.5 Å². The van der Waals surface area contributed by atoms with E-state index in [4.69, 9.17) is 4.74 Å². The van der Waals surface area contributed by atoms with Crippen molar-refractivity contribution in [1.82, 2.24) is 4.90 Å². The number of amides is 2. The molecule has 2 bridgehead atoms. The minimum Gasteiger partial charge on any atom is -0.426 e. The topological polar surface area (TPSA) is 63.7 Å². The largest absolute Gasteiger partial charge is 0.426 e. The molecule has 1 heterocycles. The van der Waals surface area contributed by atoms with Gasteiger partial charge in [0.25, 0.3) is 0 Å². The van der Waals surface area contributed by atoms with Crippen molar-refractivity contribution in [2.75, 3.05) is 6.54 Å². The molecule has 1 aromatic rings. The Morgan fingerprint density at radius 2 is 1.60 bits per heavy atom. The van der Waals surface area contributed by atoms with Crippen molar-refractivity contribution >= 4 is 17.8 Å². The van der Waals surface area contributed by atoms with E-state index < -0.39 is 5.97 Å². The number of imide groups is 1. The second-order valence-electron chi connectivity index (χ2n) is 9.97. The van der Waals surface area contributed by atoms with Gasteiger partial charge in [-0.2, -0.15) is 0 Å². The SMILES string of the molecule is CCC(C)(C)c1ccc(OC(=O)CCN2C(=O)[C@@H]3[C@H]4C=C[C@@H]([C@@H]5C[C@H]45)[C@@H]3C2=O)cc1. The fourth-order valence-corrected chi connectivity index (χ4v) is 5.80. The van der Waals surface area contributed by atoms with E-state index in [1.807, 2.05) is 12.1 Å². The summed E-state index contributed by atoms with van der Waals surface area (Å²) in [5.74, 6) is 1.08. The fourth-order valence-electron chi connectivity index (χ4n) is 5.80. The minimum absolute atomic E-state index is 0.0226. The maximum atomic E-state index is 13.0. The van der Waals surface area contributed by atoms with E-state index in [-0.39, 0.29) is 53.9 Å². The number of rotatable bonds is 6. The van der Waals surface area contributed by atoms with E-state index in [9.17, 15) is 14.4 Å². The summed E-state index contributed by atoms with van der Waals surface area (Å²) in [4.78, 5) is 39.6. The van der Waals surface area contributed by atoms with Crippen LogP contribution in [0.4, 0.5) is 0 Å². The third-order valence-electron chi connectivity index (χ3n) is 8.04. The van der Waals surface area contributed by atoms with Crippen molar-refractivity contribution in [1.29, 1.82) is 0 Å². The third-order valence-corrected chi connectivity index (χ3v) is 8.04. The summed E-state index contributed by atoms with van der Waals surface area (Å²) in [5, 5.41) is 0. The smallest absolute Gasteiger partial charge is 0.312 e. The predicted octanol–water partition coefficient (Wildman–Crippen LogP) is 3.72. The second kappa shape index (κ2) is 6.79. The van der Waals surface area contributed by atoms with Gasteiger partial charge in [0.15, 0.2) is 0 Å². The normalized spacial score (nSPS) is 33.5. The summed E-state index contributed by atoms with van der Waals surface area (Å²) in [6, 6.07) is 7.58. The first kappa shape index (κ1) is 19.5. The number of benzene rings is 1. The van der Waals surface area contributed by atoms with Crippen LogP contribution in [-0.2, 0) is 19.8 Å². The fraction of sp³-hybridized carbons (Fsp3) is 0.560. The lowest BCUT2D eigenvalue weighted by Gasteiger charge is -2.37. The summed E-state index contributed by atoms with van der Waals surface area (Å²) in [5.41, 5.74) is 1.27. The van der Waals surface area contributed by atoms with Crippen molar-refractivity contribution in [2.45, 2.75) is 45.4 Å². The van der Waals surface area contributed by atoms with E-state index in [1.54, 1.807) is 12.1 Å². The third kappa shape index (κ3) is 2.93. The highest BCUT2D eigenvalue weighted by Gasteiger charge is 2.66. The zero-order valence-electron chi connectivity index (χ0n) is 17.8. The molecule has 2 amide bonds. The lowest BCUT2D eigenvalue weighted by atomic mass is 9.63. The van der Waals surface area contributed by atoms with Gasteiger partial charge < -0.3 is 4.74 Å². The van der Waals surface area contributed by atoms with Crippen molar-refractivity contribution in [3.63, 3.8) is 0 Å². The van der Waals surface area contributed by atoms with Gasteiger partial charge in [-0.05, 0) is 59.6 Å². The number of ether oxygens (including phenoxy) is 1. The first-order chi connectivity index (χ1) is 14.3. The van der Waals surface area contributed by atoms with Crippen LogP contribution in [0.15, 0.2) is 36.4 Å². The quantitative estimate of drug-likeness (QED) is 0.312. The second-order valence-corrected chi connectivity index (χ2v) is 9.97. The molecule has 1 saturated heterocycles. The van der Waals surface area contributed by atoms with Crippen molar-refractivity contribution in [3.8, 4) is 5.75 Å². The summed E-state index contributed by atoms with van der Waals surface area (Å²) < 4.78 is 5.44. The Kier molecular flexibility index (Phi) is 4.42. The van der Waals surface area contributed by atoms with Gasteiger partial charge in [-0.3, -0.25) is 19.3 Å². The van der Waals surface area contributed by atoms with Crippen LogP contribution in [0.2, 0.25) is 0 Å². The molecule has 3 fully saturated rings. The van der Waals surface area contributed by atoms with Crippen LogP contribution < -0.4 is 4.74 Å². The molecule has 0 spiro atoms. The zero-order valence-corrected chi connectivity index (χ0v) is 17.8. The lowest BCUT2D eigenvalue weighted by Crippen LogP contribution is -2.40. The molecule has 5 aliphatic rings. The predicted molar refractivity (Wildman–Crippen MR) is 111 cm³/mol. The molecule has 0 N–H and O–H groups in total. The highest BCUT2D eigenvalue weighted by molar-refractivity contribution is 6.06. The summed E-state index contributed by atoms with van der Waals surface area (Å²) in [6.07, 6.45) is 6.51. The van der Waals surface area contributed by atoms with E-state index in [0.717, 1.165) is 12.8 Å². The van der Waals surface area contributed by atoms with Gasteiger partial charge in [0.1, 0.15) is 5.75 Å². The summed E-state index contributed by atoms with van der Waals surface area (Å²) >= 11 is 0. The van der Waals surface area contributed by atoms with Crippen LogP contribution in [0.25, 0.3) is 0 Å². The molecular weight excluding hydrogens is 378 g/mol. The highest BCUT2D eigenvalue weighted by atomic mass is 16.5. The van der Waals surface area contributed by atoms with Crippen molar-refractivity contribution < 1.29 is 19.1 Å². The van der Waals surface area contributed by atoms with E-state index >= 15 is 0 Å². The number of carbonyl (C=O) groups is 3. The number of hydrogen-bond donors (Lipinski definition) is 0. The molecule has 0 radical (unpaired) electrons. The van der Waals surface area contributed by atoms with Gasteiger partial charge in [-0.1, -0.05) is 45.1 Å². The van der Waals surface area contributed by atoms with Crippen molar-refractivity contribution in [3.05, 3.63) is 42.0 Å². The molecule has 0 unspecified atom stereocenters. The first-order valence-corrected chi connectivity index (χ1v) is 11.2. The van der Waals surface area contributed by atoms with Gasteiger partial charge in [-0.15, -0.1) is 0 Å². The van der Waals surface area contributed by atoms with Gasteiger partial charge in [0.05, 0.1) is 18.3 Å². The van der Waals surface area contributed by atoms with Gasteiger partial charge >= 0.3 is 5.97 Å². The Labute approximate surface area is 177 Å². The minimum atomic E-state index is -0.420. The molecule has 5 nitrogen and oxygen atoms in total. The highest BCUT2D eigenvalue weighted by Crippen LogP contribution is 2.65. The molecule has 1 aliphatic heterocycles. The zero-order chi connectivity index (χ0) is 21.2. The number of carbonyl (C=O) groups excluding carboxylic acids is 3.